The Balaban J connectivity index is 2.90. The van der Waals surface area contributed by atoms with E-state index in [1.165, 1.54) is 47.8 Å². The zero-order valence-corrected chi connectivity index (χ0v) is 11.1. The highest BCUT2D eigenvalue weighted by Gasteiger charge is 2.06. The summed E-state index contributed by atoms with van der Waals surface area (Å²) in [5, 5.41) is 8.73. The molecule has 5 heteroatoms. The molecule has 0 aromatic heterocycles. The van der Waals surface area contributed by atoms with Crippen LogP contribution in [0.2, 0.25) is 0 Å². The third-order valence-corrected chi connectivity index (χ3v) is 4.11. The van der Waals surface area contributed by atoms with Crippen molar-refractivity contribution in [1.82, 2.24) is 0 Å². The van der Waals surface area contributed by atoms with E-state index in [1.807, 2.05) is 12.5 Å². The summed E-state index contributed by atoms with van der Waals surface area (Å²) in [4.78, 5) is 22.5. The zero-order valence-electron chi connectivity index (χ0n) is 9.47. The van der Waals surface area contributed by atoms with Crippen molar-refractivity contribution in [2.45, 2.75) is 0 Å². The van der Waals surface area contributed by atoms with Crippen LogP contribution < -0.4 is 0 Å². The van der Waals surface area contributed by atoms with Gasteiger partial charge in [-0.2, -0.15) is 0 Å². The third-order valence-electron chi connectivity index (χ3n) is 2.07. The minimum atomic E-state index is -0.992. The fraction of sp³-hybridized carbons (Fsp3) is 0.167. The van der Waals surface area contributed by atoms with Gasteiger partial charge < -0.3 is 5.11 Å². The number of hydrogen-bond donors (Lipinski definition) is 1. The van der Waals surface area contributed by atoms with Crippen LogP contribution in [0.25, 0.3) is 0 Å². The third kappa shape index (κ3) is 3.94. The van der Waals surface area contributed by atoms with Crippen LogP contribution in [0, 0.1) is 0 Å². The fourth-order valence-corrected chi connectivity index (χ4v) is 2.29. The van der Waals surface area contributed by atoms with Gasteiger partial charge in [0.1, 0.15) is 0 Å². The van der Waals surface area contributed by atoms with Crippen molar-refractivity contribution in [3.8, 4) is 0 Å². The molecule has 0 heterocycles. The molecule has 0 aliphatic rings. The number of thioether (sulfide) groups is 2. The van der Waals surface area contributed by atoms with Gasteiger partial charge >= 0.3 is 5.97 Å². The molecule has 3 nitrogen and oxygen atoms in total. The number of rotatable bonds is 5. The number of benzene rings is 1. The summed E-state index contributed by atoms with van der Waals surface area (Å²) < 4.78 is 0.928. The number of hydrogen-bond acceptors (Lipinski definition) is 4. The molecule has 90 valence electrons. The molecule has 0 aliphatic heterocycles. The van der Waals surface area contributed by atoms with Crippen molar-refractivity contribution in [2.24, 2.45) is 0 Å². The van der Waals surface area contributed by atoms with Gasteiger partial charge in [-0.1, -0.05) is 12.1 Å². The predicted octanol–water partition coefficient (Wildman–Crippen LogP) is 3.13. The Morgan fingerprint density at radius 1 is 1.06 bits per heavy atom. The van der Waals surface area contributed by atoms with E-state index < -0.39 is 5.97 Å². The van der Waals surface area contributed by atoms with Crippen molar-refractivity contribution >= 4 is 35.3 Å². The lowest BCUT2D eigenvalue weighted by atomic mass is 10.1. The molecule has 0 fully saturated rings. The summed E-state index contributed by atoms with van der Waals surface area (Å²) in [6.07, 6.45) is 5.37. The highest BCUT2D eigenvalue weighted by Crippen LogP contribution is 2.23. The molecular weight excluding hydrogens is 256 g/mol. The Morgan fingerprint density at radius 2 is 1.53 bits per heavy atom. The fourth-order valence-electron chi connectivity index (χ4n) is 1.17. The molecule has 1 aromatic carbocycles. The number of carboxylic acid groups (broad SMARTS) is 1. The first-order valence-corrected chi connectivity index (χ1v) is 7.20. The molecule has 0 saturated carbocycles. The van der Waals surface area contributed by atoms with Crippen LogP contribution in [0.4, 0.5) is 0 Å². The first-order valence-electron chi connectivity index (χ1n) is 4.76. The number of carboxylic acids is 1. The maximum atomic E-state index is 11.8. The highest BCUT2D eigenvalue weighted by molar-refractivity contribution is 8.21. The Bertz CT molecular complexity index is 443. The van der Waals surface area contributed by atoms with E-state index in [4.69, 9.17) is 5.11 Å². The average molecular weight is 268 g/mol. The van der Waals surface area contributed by atoms with Gasteiger partial charge in [-0.25, -0.2) is 4.79 Å². The normalized spacial score (nSPS) is 9.76. The molecular formula is C12H12O3S2. The van der Waals surface area contributed by atoms with E-state index in [1.54, 1.807) is 6.08 Å². The van der Waals surface area contributed by atoms with E-state index in [2.05, 4.69) is 0 Å². The molecule has 0 bridgehead atoms. The van der Waals surface area contributed by atoms with E-state index >= 15 is 0 Å². The van der Waals surface area contributed by atoms with Crippen LogP contribution in [-0.2, 0) is 0 Å². The minimum Gasteiger partial charge on any atom is -0.478 e. The van der Waals surface area contributed by atoms with Gasteiger partial charge in [0.25, 0.3) is 0 Å². The Labute approximate surface area is 108 Å². The van der Waals surface area contributed by atoms with E-state index in [0.29, 0.717) is 5.56 Å². The molecule has 0 atom stereocenters. The highest BCUT2D eigenvalue weighted by atomic mass is 32.2. The number of aromatic carboxylic acids is 1. The van der Waals surface area contributed by atoms with Crippen LogP contribution in [0.1, 0.15) is 20.7 Å². The van der Waals surface area contributed by atoms with Crippen molar-refractivity contribution in [2.75, 3.05) is 12.5 Å². The maximum Gasteiger partial charge on any atom is 0.335 e. The summed E-state index contributed by atoms with van der Waals surface area (Å²) in [6.45, 7) is 0. The Morgan fingerprint density at radius 3 is 1.94 bits per heavy atom. The number of carbonyl (C=O) groups excluding carboxylic acids is 1. The lowest BCUT2D eigenvalue weighted by Crippen LogP contribution is -1.99. The molecule has 0 radical (unpaired) electrons. The second-order valence-electron chi connectivity index (χ2n) is 3.12. The molecule has 0 saturated heterocycles. The second-order valence-corrected chi connectivity index (χ2v) is 5.07. The van der Waals surface area contributed by atoms with Gasteiger partial charge in [-0.3, -0.25) is 4.79 Å². The molecule has 0 spiro atoms. The lowest BCUT2D eigenvalue weighted by Gasteiger charge is -2.00. The molecule has 0 amide bonds. The Kier molecular flexibility index (Phi) is 5.31. The van der Waals surface area contributed by atoms with Crippen LogP contribution >= 0.6 is 23.5 Å². The van der Waals surface area contributed by atoms with Gasteiger partial charge in [0, 0.05) is 15.9 Å². The van der Waals surface area contributed by atoms with E-state index in [-0.39, 0.29) is 11.3 Å². The monoisotopic (exact) mass is 268 g/mol. The predicted molar refractivity (Wildman–Crippen MR) is 72.8 cm³/mol. The SMILES string of the molecule is CSC(=CC(=O)c1ccc(C(=O)O)cc1)SC. The molecule has 1 N–H and O–H groups in total. The quantitative estimate of drug-likeness (QED) is 0.656. The van der Waals surface area contributed by atoms with Gasteiger partial charge in [-0.05, 0) is 24.6 Å². The molecule has 0 aliphatic carbocycles. The lowest BCUT2D eigenvalue weighted by molar-refractivity contribution is 0.0696. The number of ketones is 1. The van der Waals surface area contributed by atoms with E-state index in [0.717, 1.165) is 4.24 Å². The second kappa shape index (κ2) is 6.51. The van der Waals surface area contributed by atoms with Crippen molar-refractivity contribution < 1.29 is 14.7 Å². The summed E-state index contributed by atoms with van der Waals surface area (Å²) >= 11 is 3.02. The van der Waals surface area contributed by atoms with Crippen molar-refractivity contribution in [3.05, 3.63) is 45.7 Å². The van der Waals surface area contributed by atoms with Crippen LogP contribution in [0.3, 0.4) is 0 Å². The summed E-state index contributed by atoms with van der Waals surface area (Å²) in [6, 6.07) is 5.92. The topological polar surface area (TPSA) is 54.4 Å². The van der Waals surface area contributed by atoms with Gasteiger partial charge in [0.05, 0.1) is 5.56 Å². The molecule has 1 aromatic rings. The summed E-state index contributed by atoms with van der Waals surface area (Å²) in [7, 11) is 0. The molecule has 1 rings (SSSR count). The van der Waals surface area contributed by atoms with Crippen molar-refractivity contribution in [3.63, 3.8) is 0 Å². The zero-order chi connectivity index (χ0) is 12.8. The summed E-state index contributed by atoms with van der Waals surface area (Å²) in [5.41, 5.74) is 0.677. The van der Waals surface area contributed by atoms with Gasteiger partial charge in [0.15, 0.2) is 5.78 Å². The Hall–Kier alpha value is -1.20. The van der Waals surface area contributed by atoms with Gasteiger partial charge in [-0.15, -0.1) is 23.5 Å². The van der Waals surface area contributed by atoms with Crippen LogP contribution in [0.5, 0.6) is 0 Å². The van der Waals surface area contributed by atoms with Gasteiger partial charge in [0.2, 0.25) is 0 Å². The molecule has 0 unspecified atom stereocenters. The summed E-state index contributed by atoms with van der Waals surface area (Å²) in [5.74, 6) is -1.10. The first-order chi connectivity index (χ1) is 8.08. The maximum absolute atomic E-state index is 11.8. The van der Waals surface area contributed by atoms with E-state index in [9.17, 15) is 9.59 Å². The molecule has 17 heavy (non-hydrogen) atoms. The average Bonchev–Trinajstić information content (AvgIpc) is 2.35. The number of carbonyl (C=O) groups is 2. The van der Waals surface area contributed by atoms with Crippen LogP contribution in [-0.4, -0.2) is 29.4 Å². The largest absolute Gasteiger partial charge is 0.478 e. The van der Waals surface area contributed by atoms with Crippen molar-refractivity contribution in [1.29, 1.82) is 0 Å². The number of allylic oxidation sites excluding steroid dienone is 1. The minimum absolute atomic E-state index is 0.111. The first kappa shape index (κ1) is 13.9. The van der Waals surface area contributed by atoms with Crippen LogP contribution in [0.15, 0.2) is 34.6 Å². The standard InChI is InChI=1S/C12H12O3S2/c1-16-11(17-2)7-10(13)8-3-5-9(6-4-8)12(14)15/h3-7H,1-2H3,(H,14,15). The smallest absolute Gasteiger partial charge is 0.335 e.